The Hall–Kier alpha value is -2.50. The summed E-state index contributed by atoms with van der Waals surface area (Å²) in [6.07, 6.45) is 3.11. The molecular weight excluding hydrogens is 246 g/mol. The van der Waals surface area contributed by atoms with E-state index in [-0.39, 0.29) is 12.5 Å². The van der Waals surface area contributed by atoms with Gasteiger partial charge in [0.25, 0.3) is 5.91 Å². The monoisotopic (exact) mass is 261 g/mol. The molecule has 6 heteroatoms. The number of aromatic nitrogens is 2. The van der Waals surface area contributed by atoms with Crippen LogP contribution in [0, 0.1) is 6.92 Å². The van der Waals surface area contributed by atoms with E-state index in [1.807, 2.05) is 19.1 Å². The second kappa shape index (κ2) is 5.90. The molecule has 0 fully saturated rings. The van der Waals surface area contributed by atoms with Crippen molar-refractivity contribution in [2.24, 2.45) is 0 Å². The van der Waals surface area contributed by atoms with Crippen molar-refractivity contribution in [3.8, 4) is 11.5 Å². The second-order valence-corrected chi connectivity index (χ2v) is 3.98. The van der Waals surface area contributed by atoms with E-state index in [0.717, 1.165) is 5.56 Å². The molecule has 0 spiro atoms. The third kappa shape index (κ3) is 3.48. The summed E-state index contributed by atoms with van der Waals surface area (Å²) < 4.78 is 10.6. The molecule has 2 N–H and O–H groups in total. The molecule has 0 aliphatic rings. The van der Waals surface area contributed by atoms with Gasteiger partial charge in [-0.05, 0) is 24.6 Å². The van der Waals surface area contributed by atoms with Gasteiger partial charge < -0.3 is 14.8 Å². The molecule has 100 valence electrons. The average Bonchev–Trinajstić information content (AvgIpc) is 2.90. The van der Waals surface area contributed by atoms with Gasteiger partial charge in [0.15, 0.2) is 18.1 Å². The summed E-state index contributed by atoms with van der Waals surface area (Å²) >= 11 is 0. The van der Waals surface area contributed by atoms with Gasteiger partial charge >= 0.3 is 0 Å². The van der Waals surface area contributed by atoms with Crippen molar-refractivity contribution in [1.29, 1.82) is 0 Å². The molecule has 0 unspecified atom stereocenters. The number of ether oxygens (including phenoxy) is 2. The van der Waals surface area contributed by atoms with Gasteiger partial charge in [-0.25, -0.2) is 0 Å². The summed E-state index contributed by atoms with van der Waals surface area (Å²) in [6.45, 7) is 1.86. The molecule has 0 saturated carbocycles. The molecule has 1 amide bonds. The molecule has 0 atom stereocenters. The van der Waals surface area contributed by atoms with Crippen LogP contribution in [-0.2, 0) is 4.79 Å². The fourth-order valence-electron chi connectivity index (χ4n) is 1.55. The summed E-state index contributed by atoms with van der Waals surface area (Å²) in [7, 11) is 1.56. The van der Waals surface area contributed by atoms with Gasteiger partial charge in [0, 0.05) is 6.20 Å². The Morgan fingerprint density at radius 2 is 2.26 bits per heavy atom. The number of carbonyl (C=O) groups is 1. The van der Waals surface area contributed by atoms with Crippen molar-refractivity contribution >= 4 is 11.6 Å². The zero-order valence-electron chi connectivity index (χ0n) is 10.8. The smallest absolute Gasteiger partial charge is 0.262 e. The predicted octanol–water partition coefficient (Wildman–Crippen LogP) is 1.74. The molecule has 0 saturated heterocycles. The minimum atomic E-state index is -0.260. The van der Waals surface area contributed by atoms with Crippen LogP contribution in [0.2, 0.25) is 0 Å². The highest BCUT2D eigenvalue weighted by molar-refractivity contribution is 5.91. The molecule has 2 rings (SSSR count). The van der Waals surface area contributed by atoms with Crippen LogP contribution in [0.5, 0.6) is 11.5 Å². The molecule has 1 heterocycles. The first-order chi connectivity index (χ1) is 9.19. The zero-order valence-corrected chi connectivity index (χ0v) is 10.8. The largest absolute Gasteiger partial charge is 0.493 e. The summed E-state index contributed by atoms with van der Waals surface area (Å²) in [6, 6.07) is 5.52. The maximum atomic E-state index is 11.6. The molecule has 0 bridgehead atoms. The maximum Gasteiger partial charge on any atom is 0.262 e. The Morgan fingerprint density at radius 1 is 1.42 bits per heavy atom. The predicted molar refractivity (Wildman–Crippen MR) is 70.4 cm³/mol. The van der Waals surface area contributed by atoms with Crippen molar-refractivity contribution in [1.82, 2.24) is 10.2 Å². The molecule has 1 aromatic heterocycles. The second-order valence-electron chi connectivity index (χ2n) is 3.98. The molecule has 0 radical (unpaired) electrons. The quantitative estimate of drug-likeness (QED) is 0.859. The van der Waals surface area contributed by atoms with Crippen molar-refractivity contribution in [2.45, 2.75) is 6.92 Å². The van der Waals surface area contributed by atoms with Crippen LogP contribution in [0.1, 0.15) is 5.56 Å². The van der Waals surface area contributed by atoms with Crippen LogP contribution in [0.15, 0.2) is 30.6 Å². The normalized spacial score (nSPS) is 10.0. The minimum Gasteiger partial charge on any atom is -0.493 e. The molecular formula is C13H15N3O3. The fraction of sp³-hybridized carbons (Fsp3) is 0.231. The standard InChI is InChI=1S/C13H15N3O3/c1-9-3-4-11(12(5-9)18-2)19-8-13(17)16-10-6-14-15-7-10/h3-7H,8H2,1-2H3,(H,14,15)(H,16,17). The van der Waals surface area contributed by atoms with Crippen molar-refractivity contribution < 1.29 is 14.3 Å². The van der Waals surface area contributed by atoms with Gasteiger partial charge in [-0.1, -0.05) is 6.07 Å². The highest BCUT2D eigenvalue weighted by atomic mass is 16.5. The highest BCUT2D eigenvalue weighted by Crippen LogP contribution is 2.27. The summed E-state index contributed by atoms with van der Waals surface area (Å²) in [5, 5.41) is 8.98. The van der Waals surface area contributed by atoms with E-state index in [9.17, 15) is 4.79 Å². The summed E-state index contributed by atoms with van der Waals surface area (Å²) in [5.41, 5.74) is 1.66. The van der Waals surface area contributed by atoms with E-state index < -0.39 is 0 Å². The summed E-state index contributed by atoms with van der Waals surface area (Å²) in [5.74, 6) is 0.885. The van der Waals surface area contributed by atoms with Crippen LogP contribution in [0.25, 0.3) is 0 Å². The van der Waals surface area contributed by atoms with Gasteiger partial charge in [0.1, 0.15) is 0 Å². The van der Waals surface area contributed by atoms with Crippen molar-refractivity contribution in [2.75, 3.05) is 19.0 Å². The Balaban J connectivity index is 1.93. The Bertz CT molecular complexity index is 552. The highest BCUT2D eigenvalue weighted by Gasteiger charge is 2.08. The fourth-order valence-corrected chi connectivity index (χ4v) is 1.55. The SMILES string of the molecule is COc1cc(C)ccc1OCC(=O)Nc1cn[nH]c1. The lowest BCUT2D eigenvalue weighted by Crippen LogP contribution is -2.20. The first-order valence-electron chi connectivity index (χ1n) is 5.75. The number of hydrogen-bond donors (Lipinski definition) is 2. The lowest BCUT2D eigenvalue weighted by atomic mass is 10.2. The Labute approximate surface area is 110 Å². The molecule has 1 aromatic carbocycles. The van der Waals surface area contributed by atoms with Crippen LogP contribution in [0.3, 0.4) is 0 Å². The number of hydrogen-bond acceptors (Lipinski definition) is 4. The first-order valence-corrected chi connectivity index (χ1v) is 5.75. The minimum absolute atomic E-state index is 0.0927. The molecule has 2 aromatic rings. The zero-order chi connectivity index (χ0) is 13.7. The van der Waals surface area contributed by atoms with E-state index in [4.69, 9.17) is 9.47 Å². The Morgan fingerprint density at radius 3 is 2.95 bits per heavy atom. The van der Waals surface area contributed by atoms with Crippen LogP contribution >= 0.6 is 0 Å². The molecule has 0 aliphatic heterocycles. The van der Waals surface area contributed by atoms with Gasteiger partial charge in [0.05, 0.1) is 19.0 Å². The first kappa shape index (κ1) is 12.9. The van der Waals surface area contributed by atoms with Crippen LogP contribution in [-0.4, -0.2) is 29.8 Å². The van der Waals surface area contributed by atoms with Gasteiger partial charge in [-0.15, -0.1) is 0 Å². The van der Waals surface area contributed by atoms with E-state index in [2.05, 4.69) is 15.5 Å². The van der Waals surface area contributed by atoms with E-state index >= 15 is 0 Å². The van der Waals surface area contributed by atoms with Crippen molar-refractivity contribution in [3.05, 3.63) is 36.2 Å². The van der Waals surface area contributed by atoms with Crippen LogP contribution in [0.4, 0.5) is 5.69 Å². The number of nitrogens with one attached hydrogen (secondary N) is 2. The van der Waals surface area contributed by atoms with E-state index in [0.29, 0.717) is 17.2 Å². The number of rotatable bonds is 5. The van der Waals surface area contributed by atoms with E-state index in [1.54, 1.807) is 19.4 Å². The van der Waals surface area contributed by atoms with Crippen molar-refractivity contribution in [3.63, 3.8) is 0 Å². The topological polar surface area (TPSA) is 76.2 Å². The molecule has 6 nitrogen and oxygen atoms in total. The van der Waals surface area contributed by atoms with Gasteiger partial charge in [0.2, 0.25) is 0 Å². The van der Waals surface area contributed by atoms with Crippen LogP contribution < -0.4 is 14.8 Å². The Kier molecular flexibility index (Phi) is 4.02. The lowest BCUT2D eigenvalue weighted by molar-refractivity contribution is -0.118. The number of aryl methyl sites for hydroxylation is 1. The van der Waals surface area contributed by atoms with Gasteiger partial charge in [-0.2, -0.15) is 5.10 Å². The number of amides is 1. The number of aromatic amines is 1. The average molecular weight is 261 g/mol. The molecule has 0 aliphatic carbocycles. The maximum absolute atomic E-state index is 11.6. The summed E-state index contributed by atoms with van der Waals surface area (Å²) in [4.78, 5) is 11.6. The van der Waals surface area contributed by atoms with Gasteiger partial charge in [-0.3, -0.25) is 9.89 Å². The number of anilines is 1. The third-order valence-electron chi connectivity index (χ3n) is 2.46. The molecule has 19 heavy (non-hydrogen) atoms. The number of H-pyrrole nitrogens is 1. The third-order valence-corrected chi connectivity index (χ3v) is 2.46. The number of nitrogens with zero attached hydrogens (tertiary/aromatic N) is 1. The number of carbonyl (C=O) groups excluding carboxylic acids is 1. The number of benzene rings is 1. The number of methoxy groups -OCH3 is 1. The lowest BCUT2D eigenvalue weighted by Gasteiger charge is -2.10. The van der Waals surface area contributed by atoms with E-state index in [1.165, 1.54) is 6.20 Å².